The van der Waals surface area contributed by atoms with Crippen molar-refractivity contribution in [1.82, 2.24) is 5.32 Å². The molecule has 0 amide bonds. The van der Waals surface area contributed by atoms with Crippen LogP contribution >= 0.6 is 50.5 Å². The third kappa shape index (κ3) is 3.72. The number of hydrogen-bond donors (Lipinski definition) is 1. The highest BCUT2D eigenvalue weighted by Gasteiger charge is 2.08. The largest absolute Gasteiger partial charge is 0.305 e. The molecule has 0 saturated heterocycles. The Morgan fingerprint density at radius 1 is 1.28 bits per heavy atom. The fourth-order valence-electron chi connectivity index (χ4n) is 1.59. The Hall–Kier alpha value is -0.0600. The van der Waals surface area contributed by atoms with E-state index >= 15 is 0 Å². The molecule has 0 saturated carbocycles. The molecule has 1 N–H and O–H groups in total. The van der Waals surface area contributed by atoms with Gasteiger partial charge in [0.2, 0.25) is 0 Å². The van der Waals surface area contributed by atoms with Gasteiger partial charge in [-0.05, 0) is 36.8 Å². The van der Waals surface area contributed by atoms with Crippen molar-refractivity contribution >= 4 is 50.5 Å². The van der Waals surface area contributed by atoms with Gasteiger partial charge in [-0.25, -0.2) is 0 Å². The summed E-state index contributed by atoms with van der Waals surface area (Å²) in [6, 6.07) is 10.1. The summed E-state index contributed by atoms with van der Waals surface area (Å²) in [6.07, 6.45) is 0. The lowest BCUT2D eigenvalue weighted by Crippen LogP contribution is -2.17. The highest BCUT2D eigenvalue weighted by molar-refractivity contribution is 9.10. The van der Waals surface area contributed by atoms with Crippen molar-refractivity contribution in [3.63, 3.8) is 0 Å². The van der Waals surface area contributed by atoms with Crippen LogP contribution in [0.1, 0.15) is 23.4 Å². The number of thiophene rings is 1. The summed E-state index contributed by atoms with van der Waals surface area (Å²) in [5.41, 5.74) is 1.19. The van der Waals surface area contributed by atoms with Gasteiger partial charge >= 0.3 is 0 Å². The standard InChI is InChI=1S/C13H12BrCl2NS/c1-8(12-4-5-13(16)18-12)17-7-9-2-3-10(15)6-11(9)14/h2-6,8,17H,7H2,1H3. The van der Waals surface area contributed by atoms with Crippen LogP contribution < -0.4 is 5.32 Å². The van der Waals surface area contributed by atoms with Crippen LogP contribution in [0, 0.1) is 0 Å². The van der Waals surface area contributed by atoms with Crippen LogP contribution in [-0.4, -0.2) is 0 Å². The van der Waals surface area contributed by atoms with Gasteiger partial charge in [0.25, 0.3) is 0 Å². The van der Waals surface area contributed by atoms with Crippen molar-refractivity contribution in [3.8, 4) is 0 Å². The van der Waals surface area contributed by atoms with Gasteiger partial charge in [-0.1, -0.05) is 45.2 Å². The van der Waals surface area contributed by atoms with E-state index in [0.29, 0.717) is 0 Å². The van der Waals surface area contributed by atoms with Crippen molar-refractivity contribution in [2.24, 2.45) is 0 Å². The Balaban J connectivity index is 1.99. The molecule has 1 aromatic heterocycles. The number of rotatable bonds is 4. The van der Waals surface area contributed by atoms with Crippen molar-refractivity contribution in [2.75, 3.05) is 0 Å². The molecule has 5 heteroatoms. The van der Waals surface area contributed by atoms with Crippen LogP contribution in [0.2, 0.25) is 9.36 Å². The average Bonchev–Trinajstić information content (AvgIpc) is 2.74. The van der Waals surface area contributed by atoms with Crippen LogP contribution in [0.25, 0.3) is 0 Å². The summed E-state index contributed by atoms with van der Waals surface area (Å²) in [6.45, 7) is 2.92. The quantitative estimate of drug-likeness (QED) is 0.737. The first-order valence-electron chi connectivity index (χ1n) is 5.49. The second-order valence-corrected chi connectivity index (χ2v) is 7.02. The minimum Gasteiger partial charge on any atom is -0.305 e. The van der Waals surface area contributed by atoms with Gasteiger partial charge in [-0.3, -0.25) is 0 Å². The smallest absolute Gasteiger partial charge is 0.0931 e. The molecule has 0 aliphatic rings. The second-order valence-electron chi connectivity index (χ2n) is 3.98. The lowest BCUT2D eigenvalue weighted by atomic mass is 10.2. The summed E-state index contributed by atoms with van der Waals surface area (Å²) >= 11 is 17.0. The van der Waals surface area contributed by atoms with Crippen molar-refractivity contribution in [3.05, 3.63) is 54.6 Å². The van der Waals surface area contributed by atoms with Gasteiger partial charge in [0.1, 0.15) is 0 Å². The zero-order valence-electron chi connectivity index (χ0n) is 9.71. The summed E-state index contributed by atoms with van der Waals surface area (Å²) in [7, 11) is 0. The molecular formula is C13H12BrCl2NS. The minimum atomic E-state index is 0.282. The molecule has 96 valence electrons. The van der Waals surface area contributed by atoms with E-state index < -0.39 is 0 Å². The molecule has 0 radical (unpaired) electrons. The average molecular weight is 365 g/mol. The molecular weight excluding hydrogens is 353 g/mol. The van der Waals surface area contributed by atoms with Gasteiger partial charge in [-0.15, -0.1) is 11.3 Å². The maximum Gasteiger partial charge on any atom is 0.0931 e. The first-order valence-corrected chi connectivity index (χ1v) is 7.85. The molecule has 1 aromatic carbocycles. The second kappa shape index (κ2) is 6.40. The summed E-state index contributed by atoms with van der Waals surface area (Å²) in [5.74, 6) is 0. The summed E-state index contributed by atoms with van der Waals surface area (Å²) in [4.78, 5) is 1.24. The third-order valence-corrected chi connectivity index (χ3v) is 5.02. The van der Waals surface area contributed by atoms with Crippen LogP contribution in [0.3, 0.4) is 0 Å². The topological polar surface area (TPSA) is 12.0 Å². The molecule has 1 atom stereocenters. The van der Waals surface area contributed by atoms with Crippen molar-refractivity contribution in [2.45, 2.75) is 19.5 Å². The monoisotopic (exact) mass is 363 g/mol. The number of halogens is 3. The number of hydrogen-bond acceptors (Lipinski definition) is 2. The maximum absolute atomic E-state index is 5.93. The zero-order valence-corrected chi connectivity index (χ0v) is 13.6. The predicted molar refractivity (Wildman–Crippen MR) is 83.7 cm³/mol. The fourth-order valence-corrected chi connectivity index (χ4v) is 3.50. The minimum absolute atomic E-state index is 0.282. The third-order valence-electron chi connectivity index (χ3n) is 2.63. The van der Waals surface area contributed by atoms with Crippen LogP contribution in [-0.2, 0) is 6.54 Å². The molecule has 0 aliphatic carbocycles. The van der Waals surface area contributed by atoms with E-state index in [1.54, 1.807) is 11.3 Å². The Labute approximate surface area is 129 Å². The number of nitrogens with one attached hydrogen (secondary N) is 1. The Kier molecular flexibility index (Phi) is 5.10. The zero-order chi connectivity index (χ0) is 13.1. The van der Waals surface area contributed by atoms with Crippen LogP contribution in [0.5, 0.6) is 0 Å². The van der Waals surface area contributed by atoms with Gasteiger partial charge in [0, 0.05) is 27.0 Å². The van der Waals surface area contributed by atoms with Gasteiger partial charge in [0.15, 0.2) is 0 Å². The molecule has 0 aliphatic heterocycles. The normalized spacial score (nSPS) is 12.7. The van der Waals surface area contributed by atoms with E-state index in [0.717, 1.165) is 20.4 Å². The molecule has 2 aromatic rings. The molecule has 1 nitrogen and oxygen atoms in total. The number of benzene rings is 1. The van der Waals surface area contributed by atoms with Gasteiger partial charge in [0.05, 0.1) is 4.34 Å². The predicted octanol–water partition coefficient (Wildman–Crippen LogP) is 5.67. The lowest BCUT2D eigenvalue weighted by molar-refractivity contribution is 0.582. The SMILES string of the molecule is CC(NCc1ccc(Cl)cc1Br)c1ccc(Cl)s1. The molecule has 0 fully saturated rings. The lowest BCUT2D eigenvalue weighted by Gasteiger charge is -2.13. The first kappa shape index (κ1) is 14.4. The van der Waals surface area contributed by atoms with Crippen LogP contribution in [0.4, 0.5) is 0 Å². The molecule has 18 heavy (non-hydrogen) atoms. The highest BCUT2D eigenvalue weighted by Crippen LogP contribution is 2.27. The Bertz CT molecular complexity index is 542. The van der Waals surface area contributed by atoms with Gasteiger partial charge < -0.3 is 5.32 Å². The fraction of sp³-hybridized carbons (Fsp3) is 0.231. The van der Waals surface area contributed by atoms with Crippen LogP contribution in [0.15, 0.2) is 34.8 Å². The highest BCUT2D eigenvalue weighted by atomic mass is 79.9. The Morgan fingerprint density at radius 3 is 2.67 bits per heavy atom. The molecule has 0 spiro atoms. The molecule has 2 rings (SSSR count). The Morgan fingerprint density at radius 2 is 2.06 bits per heavy atom. The summed E-state index contributed by atoms with van der Waals surface area (Å²) in [5, 5.41) is 4.21. The van der Waals surface area contributed by atoms with E-state index in [9.17, 15) is 0 Å². The maximum atomic E-state index is 5.93. The van der Waals surface area contributed by atoms with Crippen molar-refractivity contribution < 1.29 is 0 Å². The first-order chi connectivity index (χ1) is 8.56. The van der Waals surface area contributed by atoms with E-state index in [1.165, 1.54) is 10.4 Å². The van der Waals surface area contributed by atoms with E-state index in [1.807, 2.05) is 24.3 Å². The van der Waals surface area contributed by atoms with Gasteiger partial charge in [-0.2, -0.15) is 0 Å². The van der Waals surface area contributed by atoms with E-state index in [4.69, 9.17) is 23.2 Å². The van der Waals surface area contributed by atoms with E-state index in [-0.39, 0.29) is 6.04 Å². The molecule has 0 bridgehead atoms. The molecule has 1 heterocycles. The van der Waals surface area contributed by atoms with E-state index in [2.05, 4.69) is 34.2 Å². The summed E-state index contributed by atoms with van der Waals surface area (Å²) < 4.78 is 1.85. The molecule has 1 unspecified atom stereocenters. The van der Waals surface area contributed by atoms with Crippen molar-refractivity contribution in [1.29, 1.82) is 0 Å².